The van der Waals surface area contributed by atoms with Gasteiger partial charge in [-0.15, -0.1) is 0 Å². The first kappa shape index (κ1) is 18.4. The number of rotatable bonds is 8. The summed E-state index contributed by atoms with van der Waals surface area (Å²) in [6.45, 7) is 0.488. The second kappa shape index (κ2) is 8.84. The van der Waals surface area contributed by atoms with Gasteiger partial charge in [0.1, 0.15) is 11.5 Å². The van der Waals surface area contributed by atoms with E-state index in [-0.39, 0.29) is 5.91 Å². The van der Waals surface area contributed by atoms with Crippen LogP contribution in [0.3, 0.4) is 0 Å². The molecule has 3 rings (SSSR count). The Labute approximate surface area is 157 Å². The van der Waals surface area contributed by atoms with Gasteiger partial charge in [-0.2, -0.15) is 4.98 Å². The summed E-state index contributed by atoms with van der Waals surface area (Å²) >= 11 is 0. The molecule has 0 aliphatic rings. The van der Waals surface area contributed by atoms with Crippen LogP contribution in [0.1, 0.15) is 22.7 Å². The Morgan fingerprint density at radius 2 is 1.78 bits per heavy atom. The molecule has 0 aliphatic carbocycles. The van der Waals surface area contributed by atoms with E-state index in [4.69, 9.17) is 14.0 Å². The van der Waals surface area contributed by atoms with Crippen LogP contribution < -0.4 is 14.8 Å². The number of carbonyl (C=O) groups excluding carboxylic acids is 1. The normalized spacial score (nSPS) is 10.4. The van der Waals surface area contributed by atoms with E-state index in [1.54, 1.807) is 32.4 Å². The van der Waals surface area contributed by atoms with Crippen molar-refractivity contribution in [2.24, 2.45) is 0 Å². The molecular weight excluding hydrogens is 346 g/mol. The van der Waals surface area contributed by atoms with Crippen LogP contribution in [-0.2, 0) is 6.42 Å². The quantitative estimate of drug-likeness (QED) is 0.616. The fourth-order valence-corrected chi connectivity index (χ4v) is 2.54. The van der Waals surface area contributed by atoms with Gasteiger partial charge < -0.3 is 19.3 Å². The molecule has 0 aliphatic heterocycles. The average Bonchev–Trinajstić information content (AvgIpc) is 3.20. The molecule has 0 saturated carbocycles. The van der Waals surface area contributed by atoms with Gasteiger partial charge >= 0.3 is 0 Å². The second-order valence-electron chi connectivity index (χ2n) is 5.84. The van der Waals surface area contributed by atoms with E-state index in [0.717, 1.165) is 5.56 Å². The summed E-state index contributed by atoms with van der Waals surface area (Å²) in [5.41, 5.74) is 1.39. The number of hydrogen-bond acceptors (Lipinski definition) is 6. The molecule has 1 aromatic heterocycles. The van der Waals surface area contributed by atoms with Gasteiger partial charge in [0.25, 0.3) is 5.91 Å². The van der Waals surface area contributed by atoms with Gasteiger partial charge in [-0.1, -0.05) is 35.5 Å². The zero-order chi connectivity index (χ0) is 19.1. The van der Waals surface area contributed by atoms with Gasteiger partial charge in [-0.3, -0.25) is 4.79 Å². The molecule has 0 spiro atoms. The highest BCUT2D eigenvalue weighted by molar-refractivity contribution is 5.95. The number of hydrogen-bond donors (Lipinski definition) is 1. The van der Waals surface area contributed by atoms with Crippen molar-refractivity contribution in [3.05, 3.63) is 60.0 Å². The lowest BCUT2D eigenvalue weighted by Crippen LogP contribution is -2.24. The molecular formula is C20H21N3O4. The predicted molar refractivity (Wildman–Crippen MR) is 99.9 cm³/mol. The monoisotopic (exact) mass is 367 g/mol. The number of ether oxygens (including phenoxy) is 2. The number of aryl methyl sites for hydroxylation is 1. The third-order valence-corrected chi connectivity index (χ3v) is 3.97. The van der Waals surface area contributed by atoms with Crippen LogP contribution >= 0.6 is 0 Å². The van der Waals surface area contributed by atoms with E-state index in [9.17, 15) is 4.79 Å². The molecule has 0 bridgehead atoms. The third-order valence-electron chi connectivity index (χ3n) is 3.97. The van der Waals surface area contributed by atoms with Crippen LogP contribution in [0.15, 0.2) is 53.1 Å². The van der Waals surface area contributed by atoms with E-state index >= 15 is 0 Å². The highest BCUT2D eigenvalue weighted by Gasteiger charge is 2.11. The van der Waals surface area contributed by atoms with E-state index < -0.39 is 0 Å². The molecule has 0 saturated heterocycles. The van der Waals surface area contributed by atoms with Crippen molar-refractivity contribution in [1.82, 2.24) is 15.5 Å². The van der Waals surface area contributed by atoms with Crippen molar-refractivity contribution in [2.45, 2.75) is 12.8 Å². The smallest absolute Gasteiger partial charge is 0.251 e. The molecule has 140 valence electrons. The zero-order valence-electron chi connectivity index (χ0n) is 15.3. The SMILES string of the molecule is COc1cc(OC)cc(C(=O)NCCCc2nc(-c3ccccc3)no2)c1. The lowest BCUT2D eigenvalue weighted by molar-refractivity contribution is 0.0952. The minimum atomic E-state index is -0.192. The highest BCUT2D eigenvalue weighted by atomic mass is 16.5. The Morgan fingerprint density at radius 3 is 2.44 bits per heavy atom. The molecule has 0 radical (unpaired) electrons. The summed E-state index contributed by atoms with van der Waals surface area (Å²) in [6, 6.07) is 14.7. The van der Waals surface area contributed by atoms with E-state index in [1.165, 1.54) is 0 Å². The molecule has 0 fully saturated rings. The number of nitrogens with zero attached hydrogens (tertiary/aromatic N) is 2. The van der Waals surface area contributed by atoms with E-state index in [0.29, 0.717) is 48.2 Å². The van der Waals surface area contributed by atoms with Crippen molar-refractivity contribution in [3.63, 3.8) is 0 Å². The summed E-state index contributed by atoms with van der Waals surface area (Å²) in [4.78, 5) is 16.7. The molecule has 1 N–H and O–H groups in total. The fraction of sp³-hybridized carbons (Fsp3) is 0.250. The minimum Gasteiger partial charge on any atom is -0.497 e. The van der Waals surface area contributed by atoms with E-state index in [2.05, 4.69) is 15.5 Å². The average molecular weight is 367 g/mol. The Hall–Kier alpha value is -3.35. The van der Waals surface area contributed by atoms with Gasteiger partial charge in [-0.05, 0) is 18.6 Å². The zero-order valence-corrected chi connectivity index (χ0v) is 15.3. The number of methoxy groups -OCH3 is 2. The second-order valence-corrected chi connectivity index (χ2v) is 5.84. The fourth-order valence-electron chi connectivity index (χ4n) is 2.54. The van der Waals surface area contributed by atoms with Crippen LogP contribution in [-0.4, -0.2) is 36.8 Å². The minimum absolute atomic E-state index is 0.192. The van der Waals surface area contributed by atoms with Crippen molar-refractivity contribution < 1.29 is 18.8 Å². The van der Waals surface area contributed by atoms with Gasteiger partial charge in [0.2, 0.25) is 11.7 Å². The lowest BCUT2D eigenvalue weighted by Gasteiger charge is -2.09. The first-order valence-electron chi connectivity index (χ1n) is 8.59. The first-order valence-corrected chi connectivity index (χ1v) is 8.59. The van der Waals surface area contributed by atoms with Crippen molar-refractivity contribution in [1.29, 1.82) is 0 Å². The van der Waals surface area contributed by atoms with Crippen LogP contribution in [0.5, 0.6) is 11.5 Å². The Bertz CT molecular complexity index is 871. The molecule has 0 unspecified atom stereocenters. The number of benzene rings is 2. The summed E-state index contributed by atoms with van der Waals surface area (Å²) in [7, 11) is 3.09. The summed E-state index contributed by atoms with van der Waals surface area (Å²) < 4.78 is 15.6. The highest BCUT2D eigenvalue weighted by Crippen LogP contribution is 2.22. The molecule has 7 heteroatoms. The Balaban J connectivity index is 1.50. The largest absolute Gasteiger partial charge is 0.497 e. The topological polar surface area (TPSA) is 86.5 Å². The predicted octanol–water partition coefficient (Wildman–Crippen LogP) is 3.12. The number of nitrogens with one attached hydrogen (secondary N) is 1. The van der Waals surface area contributed by atoms with Gasteiger partial charge in [0.05, 0.1) is 14.2 Å². The Morgan fingerprint density at radius 1 is 1.07 bits per heavy atom. The number of aromatic nitrogens is 2. The number of amides is 1. The third kappa shape index (κ3) is 4.84. The summed E-state index contributed by atoms with van der Waals surface area (Å²) in [5.74, 6) is 2.06. The van der Waals surface area contributed by atoms with E-state index in [1.807, 2.05) is 30.3 Å². The van der Waals surface area contributed by atoms with Crippen molar-refractivity contribution in [2.75, 3.05) is 20.8 Å². The maximum atomic E-state index is 12.3. The van der Waals surface area contributed by atoms with Crippen LogP contribution in [0.4, 0.5) is 0 Å². The lowest BCUT2D eigenvalue weighted by atomic mass is 10.2. The molecule has 27 heavy (non-hydrogen) atoms. The van der Waals surface area contributed by atoms with Crippen LogP contribution in [0.2, 0.25) is 0 Å². The van der Waals surface area contributed by atoms with Crippen molar-refractivity contribution in [3.8, 4) is 22.9 Å². The molecule has 1 amide bonds. The van der Waals surface area contributed by atoms with Gasteiger partial charge in [-0.25, -0.2) is 0 Å². The van der Waals surface area contributed by atoms with Crippen molar-refractivity contribution >= 4 is 5.91 Å². The standard InChI is InChI=1S/C20H21N3O4/c1-25-16-11-15(12-17(13-16)26-2)20(24)21-10-6-9-18-22-19(23-27-18)14-7-4-3-5-8-14/h3-5,7-8,11-13H,6,9-10H2,1-2H3,(H,21,24). The number of carbonyl (C=O) groups is 1. The molecule has 7 nitrogen and oxygen atoms in total. The molecule has 1 heterocycles. The Kier molecular flexibility index (Phi) is 6.04. The first-order chi connectivity index (χ1) is 13.2. The van der Waals surface area contributed by atoms with Gasteiger partial charge in [0.15, 0.2) is 0 Å². The van der Waals surface area contributed by atoms with Crippen LogP contribution in [0, 0.1) is 0 Å². The summed E-state index contributed by atoms with van der Waals surface area (Å²) in [5, 5.41) is 6.86. The molecule has 2 aromatic carbocycles. The summed E-state index contributed by atoms with van der Waals surface area (Å²) in [6.07, 6.45) is 1.27. The molecule has 0 atom stereocenters. The maximum absolute atomic E-state index is 12.3. The maximum Gasteiger partial charge on any atom is 0.251 e. The van der Waals surface area contributed by atoms with Crippen LogP contribution in [0.25, 0.3) is 11.4 Å². The van der Waals surface area contributed by atoms with Gasteiger partial charge in [0, 0.05) is 30.2 Å². The molecule has 3 aromatic rings.